The second-order valence-electron chi connectivity index (χ2n) is 30.0. The number of fused-ring (bicyclic) bond motifs is 4. The van der Waals surface area contributed by atoms with Crippen molar-refractivity contribution in [2.75, 3.05) is 89.5 Å². The molecule has 6 aliphatic heterocycles. The Bertz CT molecular complexity index is 5370. The van der Waals surface area contributed by atoms with E-state index >= 15 is 8.78 Å². The van der Waals surface area contributed by atoms with E-state index in [1.54, 1.807) is 110 Å². The Morgan fingerprint density at radius 3 is 1.37 bits per heavy atom. The highest BCUT2D eigenvalue weighted by atomic mass is 35.5. The topological polar surface area (TPSA) is 399 Å². The molecule has 8 atom stereocenters. The Kier molecular flexibility index (Phi) is 25.4. The highest BCUT2D eigenvalue weighted by Gasteiger charge is 2.66. The second kappa shape index (κ2) is 34.9. The number of esters is 1. The third-order valence-electron chi connectivity index (χ3n) is 21.7. The van der Waals surface area contributed by atoms with Crippen LogP contribution in [0.4, 0.5) is 31.8 Å². The highest BCUT2D eigenvalue weighted by molar-refractivity contribution is 8.02. The molecule has 0 bridgehead atoms. The van der Waals surface area contributed by atoms with E-state index < -0.39 is 135 Å². The highest BCUT2D eigenvalue weighted by Crippen LogP contribution is 2.53. The molecule has 8 aromatic rings. The standard InChI is InChI=1S/C39H44FN9O8S.C33H36ClFN6O5S.C6H9N3O3/c1-6-45-21-25(32(50)24-18-26(40)28(19-27(24)45)46-14-12-44(5)13-15-46)34(51)42-30(23-10-8-7-9-11-23)35(52)43-31-36(53)48-33(39(3,4)58-37(31)48)38(54)57-17-16-47-22(2)41-20-29(47)49(55)56;1-5-39-17-20(26(42)19-15-21(35)23(16-22(19)39)40-13-11-38(4)12-14-40)29(44)36-24(18-9-7-6-8-10-18)30(45)37-25-31(46)41-27(28(34)43)33(2,3)47-32(25)41;1-5-7-4-6(9(11)12)8(5)2-3-10/h7-11,18-21,30-31,33,37H,6,12-17H2,1-5H3,(H,42,51)(H,43,52);6-10,15-17,24-25,27,32H,5,11-14H2,1-4H3,(H,36,44)(H,37,45);4,10H,2-3H2,1H3. The van der Waals surface area contributed by atoms with Gasteiger partial charge in [0.05, 0.1) is 29.0 Å². The number of aliphatic hydroxyl groups is 1. The van der Waals surface area contributed by atoms with Crippen LogP contribution in [-0.2, 0) is 59.7 Å². The number of hydrogen-bond acceptors (Lipinski definition) is 24. The van der Waals surface area contributed by atoms with Crippen molar-refractivity contribution in [3.8, 4) is 0 Å². The Morgan fingerprint density at radius 2 is 0.991 bits per heavy atom. The van der Waals surface area contributed by atoms with Crippen molar-refractivity contribution < 1.29 is 66.8 Å². The van der Waals surface area contributed by atoms with Gasteiger partial charge in [-0.05, 0) is 112 Å². The zero-order valence-corrected chi connectivity index (χ0v) is 68.1. The number of ether oxygens (including phenoxy) is 1. The molecule has 34 nitrogen and oxygen atoms in total. The summed E-state index contributed by atoms with van der Waals surface area (Å²) in [4.78, 5) is 175. The summed E-state index contributed by atoms with van der Waals surface area (Å²) in [5, 5.41) is 39.5. The Balaban J connectivity index is 0.000000191. The van der Waals surface area contributed by atoms with E-state index in [0.717, 1.165) is 32.4 Å². The first-order valence-corrected chi connectivity index (χ1v) is 40.0. The third kappa shape index (κ3) is 17.2. The molecule has 0 spiro atoms. The van der Waals surface area contributed by atoms with Crippen molar-refractivity contribution >= 4 is 127 Å². The fourth-order valence-electron chi connectivity index (χ4n) is 15.4. The second-order valence-corrected chi connectivity index (χ2v) is 33.9. The zero-order chi connectivity index (χ0) is 84.5. The van der Waals surface area contributed by atoms with Gasteiger partial charge in [0.25, 0.3) is 11.8 Å². The molecule has 4 aromatic carbocycles. The van der Waals surface area contributed by atoms with Crippen LogP contribution in [0.1, 0.15) is 97.1 Å². The third-order valence-corrected chi connectivity index (χ3v) is 25.1. The number of likely N-dealkylation sites (N-methyl/N-ethyl adjacent to an activating group) is 2. The summed E-state index contributed by atoms with van der Waals surface area (Å²) in [6.07, 6.45) is 5.15. The van der Waals surface area contributed by atoms with Gasteiger partial charge in [0.2, 0.25) is 39.7 Å². The van der Waals surface area contributed by atoms with Crippen LogP contribution >= 0.6 is 35.1 Å². The molecule has 10 heterocycles. The van der Waals surface area contributed by atoms with E-state index in [9.17, 15) is 68.2 Å². The van der Waals surface area contributed by atoms with Crippen LogP contribution in [0.3, 0.4) is 0 Å². The number of pyridine rings is 2. The number of benzene rings is 4. The number of anilines is 2. The molecule has 6 saturated heterocycles. The average Bonchev–Trinajstić information content (AvgIpc) is 1.56. The molecular weight excluding hydrogens is 1580 g/mol. The molecule has 5 N–H and O–H groups in total. The minimum Gasteiger partial charge on any atom is -0.460 e. The number of carbonyl (C=O) groups excluding carboxylic acids is 8. The number of thioether (sulfide) groups is 2. The molecule has 4 aromatic heterocycles. The molecule has 6 aliphatic rings. The van der Waals surface area contributed by atoms with Crippen LogP contribution in [0.2, 0.25) is 0 Å². The lowest BCUT2D eigenvalue weighted by Gasteiger charge is -2.44. The smallest absolute Gasteiger partial charge is 0.342 e. The quantitative estimate of drug-likeness (QED) is 0.0176. The maximum Gasteiger partial charge on any atom is 0.342 e. The predicted octanol–water partition coefficient (Wildman–Crippen LogP) is 5.37. The van der Waals surface area contributed by atoms with Gasteiger partial charge in [0.1, 0.15) is 102 Å². The molecule has 0 saturated carbocycles. The van der Waals surface area contributed by atoms with E-state index in [0.29, 0.717) is 84.5 Å². The van der Waals surface area contributed by atoms with Crippen molar-refractivity contribution in [3.05, 3.63) is 196 Å². The van der Waals surface area contributed by atoms with Gasteiger partial charge in [-0.25, -0.2) is 32.7 Å². The lowest BCUT2D eigenvalue weighted by molar-refractivity contribution is -0.392. The number of rotatable bonds is 23. The van der Waals surface area contributed by atoms with Crippen molar-refractivity contribution in [2.24, 2.45) is 0 Å². The average molecular weight is 1670 g/mol. The number of nitro groups is 2. The molecule has 6 amide bonds. The summed E-state index contributed by atoms with van der Waals surface area (Å²) in [7, 11) is 4.01. The summed E-state index contributed by atoms with van der Waals surface area (Å²) in [5.74, 6) is -5.28. The molecule has 14 rings (SSSR count). The monoisotopic (exact) mass is 1670 g/mol. The largest absolute Gasteiger partial charge is 0.460 e. The van der Waals surface area contributed by atoms with Crippen LogP contribution < -0.4 is 41.9 Å². The number of piperazine rings is 2. The van der Waals surface area contributed by atoms with Gasteiger partial charge >= 0.3 is 17.6 Å². The predicted molar refractivity (Wildman–Crippen MR) is 433 cm³/mol. The Morgan fingerprint density at radius 1 is 0.607 bits per heavy atom. The summed E-state index contributed by atoms with van der Waals surface area (Å²) < 4.78 is 41.2. The number of aryl methyl sites for hydroxylation is 4. The van der Waals surface area contributed by atoms with Gasteiger partial charge in [0, 0.05) is 112 Å². The summed E-state index contributed by atoms with van der Waals surface area (Å²) in [6.45, 7) is 20.4. The summed E-state index contributed by atoms with van der Waals surface area (Å²) >= 11 is 8.49. The van der Waals surface area contributed by atoms with Gasteiger partial charge in [-0.15, -0.1) is 23.5 Å². The Labute approximate surface area is 682 Å². The van der Waals surface area contributed by atoms with Gasteiger partial charge in [-0.1, -0.05) is 60.7 Å². The first-order chi connectivity index (χ1) is 55.6. The van der Waals surface area contributed by atoms with Gasteiger partial charge in [0.15, 0.2) is 11.6 Å². The maximum atomic E-state index is 15.6. The van der Waals surface area contributed by atoms with Gasteiger partial charge in [-0.2, -0.15) is 0 Å². The number of nitrogens with zero attached hydrogens (tertiary/aromatic N) is 14. The minimum absolute atomic E-state index is 0.0168. The normalized spacial score (nSPS) is 20.5. The van der Waals surface area contributed by atoms with Crippen molar-refractivity contribution in [1.82, 2.24) is 69.1 Å². The molecule has 6 fully saturated rings. The van der Waals surface area contributed by atoms with Crippen LogP contribution in [0.25, 0.3) is 21.8 Å². The number of β-lactam (4-membered cyclic amide) rings is 2. The first kappa shape index (κ1) is 85.2. The molecular formula is C78H89ClF2N18O16S2. The number of amides is 6. The molecule has 39 heteroatoms. The lowest BCUT2D eigenvalue weighted by atomic mass is 9.95. The summed E-state index contributed by atoms with van der Waals surface area (Å²) in [6, 6.07) is 16.0. The number of aliphatic hydroxyl groups excluding tert-OH is 1. The zero-order valence-electron chi connectivity index (χ0n) is 65.7. The van der Waals surface area contributed by atoms with Gasteiger partial charge in [-0.3, -0.25) is 43.2 Å². The van der Waals surface area contributed by atoms with Crippen molar-refractivity contribution in [1.29, 1.82) is 0 Å². The van der Waals surface area contributed by atoms with Crippen molar-refractivity contribution in [3.63, 3.8) is 0 Å². The lowest BCUT2D eigenvalue weighted by Crippen LogP contribution is -2.71. The fourth-order valence-corrected chi connectivity index (χ4v) is 19.1. The fraction of sp³-hybridized carbons (Fsp3) is 0.436. The maximum absolute atomic E-state index is 15.6. The number of nitrogens with one attached hydrogen (secondary N) is 4. The van der Waals surface area contributed by atoms with E-state index in [4.69, 9.17) is 21.4 Å². The van der Waals surface area contributed by atoms with E-state index in [2.05, 4.69) is 41.0 Å². The van der Waals surface area contributed by atoms with E-state index in [1.165, 1.54) is 73.2 Å². The number of hydrogen-bond donors (Lipinski definition) is 5. The van der Waals surface area contributed by atoms with Gasteiger partial charge < -0.3 is 89.9 Å². The van der Waals surface area contributed by atoms with Crippen LogP contribution in [-0.4, -0.2) is 234 Å². The molecule has 8 unspecified atom stereocenters. The first-order valence-electron chi connectivity index (χ1n) is 37.8. The van der Waals surface area contributed by atoms with Crippen LogP contribution in [0.15, 0.2) is 119 Å². The molecule has 620 valence electrons. The minimum atomic E-state index is -1.34. The number of halogens is 3. The van der Waals surface area contributed by atoms with E-state index in [1.807, 2.05) is 51.6 Å². The number of imidazole rings is 2. The molecule has 117 heavy (non-hydrogen) atoms. The Hall–Kier alpha value is -11.2. The van der Waals surface area contributed by atoms with Crippen LogP contribution in [0, 0.1) is 45.7 Å². The van der Waals surface area contributed by atoms with Crippen molar-refractivity contribution in [2.45, 2.75) is 138 Å². The summed E-state index contributed by atoms with van der Waals surface area (Å²) in [5.41, 5.74) is 0.672. The number of carbonyl (C=O) groups is 8. The molecule has 0 aliphatic carbocycles. The van der Waals surface area contributed by atoms with Crippen LogP contribution in [0.5, 0.6) is 0 Å². The SMILES string of the molecule is CCn1cc(C(=O)NC(C(=O)NC2C(=O)N3C2SC(C)(C)C3C(=O)Cl)c2ccccc2)c(=O)c2cc(F)c(N3CCN(C)CC3)cc21.CCn1cc(C(=O)NC(C(=O)NC2C(=O)N3C2SC(C)(C)C3C(=O)OCCn2c([N+](=O)[O-])cnc2C)c2ccccc2)c(=O)c2cc(F)c(N3CCN(C)CC3)cc21.Cc1ncc([N+](=O)[O-])n1CCO. The molecule has 0 radical (unpaired) electrons. The van der Waals surface area contributed by atoms with E-state index in [-0.39, 0.29) is 59.8 Å². The number of aromatic nitrogens is 6.